The molecule has 3 nitrogen and oxygen atoms in total. The van der Waals surface area contributed by atoms with Crippen LogP contribution in [0.15, 0.2) is 36.5 Å². The topological polar surface area (TPSA) is 50.2 Å². The van der Waals surface area contributed by atoms with E-state index in [0.717, 1.165) is 30.5 Å². The SMILES string of the molecule is O=C(O)c1cc(C2CCCc3cccnc32)ccc1F. The van der Waals surface area contributed by atoms with E-state index < -0.39 is 11.8 Å². The molecule has 1 heterocycles. The molecule has 20 heavy (non-hydrogen) atoms. The van der Waals surface area contributed by atoms with Gasteiger partial charge in [-0.3, -0.25) is 4.98 Å². The monoisotopic (exact) mass is 271 g/mol. The summed E-state index contributed by atoms with van der Waals surface area (Å²) in [5.41, 5.74) is 2.74. The van der Waals surface area contributed by atoms with Crippen LogP contribution in [0.2, 0.25) is 0 Å². The van der Waals surface area contributed by atoms with Crippen molar-refractivity contribution in [3.05, 3.63) is 64.7 Å². The van der Waals surface area contributed by atoms with Crippen molar-refractivity contribution in [3.63, 3.8) is 0 Å². The number of benzene rings is 1. The number of rotatable bonds is 2. The third-order valence-electron chi connectivity index (χ3n) is 3.82. The Hall–Kier alpha value is -2.23. The highest BCUT2D eigenvalue weighted by Crippen LogP contribution is 2.35. The normalized spacial score (nSPS) is 17.6. The summed E-state index contributed by atoms with van der Waals surface area (Å²) in [4.78, 5) is 15.5. The fourth-order valence-electron chi connectivity index (χ4n) is 2.86. The van der Waals surface area contributed by atoms with Crippen LogP contribution < -0.4 is 0 Å². The number of carboxylic acids is 1. The molecular formula is C16H14FNO2. The largest absolute Gasteiger partial charge is 0.478 e. The van der Waals surface area contributed by atoms with Crippen LogP contribution in [0.25, 0.3) is 0 Å². The van der Waals surface area contributed by atoms with Crippen molar-refractivity contribution < 1.29 is 14.3 Å². The van der Waals surface area contributed by atoms with Crippen LogP contribution in [0.3, 0.4) is 0 Å². The number of aromatic carboxylic acids is 1. The summed E-state index contributed by atoms with van der Waals surface area (Å²) in [5.74, 6) is -1.88. The van der Waals surface area contributed by atoms with Gasteiger partial charge < -0.3 is 5.11 Å². The molecule has 0 saturated carbocycles. The number of carbonyl (C=O) groups is 1. The molecule has 0 amide bonds. The molecule has 2 aromatic rings. The first-order chi connectivity index (χ1) is 9.66. The van der Waals surface area contributed by atoms with E-state index in [4.69, 9.17) is 5.11 Å². The standard InChI is InChI=1S/C16H14FNO2/c17-14-7-6-11(9-13(14)16(19)20)12-5-1-3-10-4-2-8-18-15(10)12/h2,4,6-9,12H,1,3,5H2,(H,19,20). The number of nitrogens with zero attached hydrogens (tertiary/aromatic N) is 1. The molecule has 1 aromatic heterocycles. The molecule has 1 aliphatic rings. The van der Waals surface area contributed by atoms with Gasteiger partial charge in [-0.2, -0.15) is 0 Å². The number of halogens is 1. The Morgan fingerprint density at radius 3 is 3.00 bits per heavy atom. The lowest BCUT2D eigenvalue weighted by Crippen LogP contribution is -2.14. The smallest absolute Gasteiger partial charge is 0.338 e. The summed E-state index contributed by atoms with van der Waals surface area (Å²) in [6.45, 7) is 0. The zero-order valence-electron chi connectivity index (χ0n) is 10.8. The molecule has 1 unspecified atom stereocenters. The summed E-state index contributed by atoms with van der Waals surface area (Å²) < 4.78 is 13.5. The highest BCUT2D eigenvalue weighted by molar-refractivity contribution is 5.88. The van der Waals surface area contributed by atoms with Crippen molar-refractivity contribution in [3.8, 4) is 0 Å². The average Bonchev–Trinajstić information content (AvgIpc) is 2.47. The first kappa shape index (κ1) is 12.8. The number of pyridine rings is 1. The van der Waals surface area contributed by atoms with E-state index in [1.165, 1.54) is 17.7 Å². The van der Waals surface area contributed by atoms with Gasteiger partial charge in [-0.05, 0) is 48.6 Å². The van der Waals surface area contributed by atoms with Gasteiger partial charge in [0.1, 0.15) is 5.82 Å². The molecule has 1 aromatic carbocycles. The van der Waals surface area contributed by atoms with Gasteiger partial charge in [0.25, 0.3) is 0 Å². The van der Waals surface area contributed by atoms with E-state index in [9.17, 15) is 9.18 Å². The van der Waals surface area contributed by atoms with Gasteiger partial charge in [-0.15, -0.1) is 0 Å². The van der Waals surface area contributed by atoms with Crippen LogP contribution in [-0.4, -0.2) is 16.1 Å². The van der Waals surface area contributed by atoms with E-state index in [0.29, 0.717) is 0 Å². The molecule has 1 N–H and O–H groups in total. The second-order valence-electron chi connectivity index (χ2n) is 5.04. The van der Waals surface area contributed by atoms with Crippen LogP contribution >= 0.6 is 0 Å². The third kappa shape index (κ3) is 2.18. The number of aromatic nitrogens is 1. The van der Waals surface area contributed by atoms with Crippen LogP contribution in [0.1, 0.15) is 45.9 Å². The average molecular weight is 271 g/mol. The fraction of sp³-hybridized carbons (Fsp3) is 0.250. The van der Waals surface area contributed by atoms with Gasteiger partial charge in [-0.1, -0.05) is 12.1 Å². The van der Waals surface area contributed by atoms with Crippen molar-refractivity contribution in [2.45, 2.75) is 25.2 Å². The Kier molecular flexibility index (Phi) is 3.22. The van der Waals surface area contributed by atoms with Crippen molar-refractivity contribution in [1.29, 1.82) is 0 Å². The quantitative estimate of drug-likeness (QED) is 0.910. The maximum atomic E-state index is 13.5. The molecule has 0 aliphatic heterocycles. The molecule has 0 saturated heterocycles. The van der Waals surface area contributed by atoms with Crippen LogP contribution in [-0.2, 0) is 6.42 Å². The second-order valence-corrected chi connectivity index (χ2v) is 5.04. The Labute approximate surface area is 116 Å². The first-order valence-corrected chi connectivity index (χ1v) is 6.63. The van der Waals surface area contributed by atoms with Gasteiger partial charge in [0.15, 0.2) is 0 Å². The van der Waals surface area contributed by atoms with E-state index in [1.54, 1.807) is 12.3 Å². The molecule has 1 aliphatic carbocycles. The first-order valence-electron chi connectivity index (χ1n) is 6.63. The van der Waals surface area contributed by atoms with Crippen LogP contribution in [0, 0.1) is 5.82 Å². The highest BCUT2D eigenvalue weighted by Gasteiger charge is 2.24. The zero-order chi connectivity index (χ0) is 14.1. The Balaban J connectivity index is 2.07. The van der Waals surface area contributed by atoms with Crippen LogP contribution in [0.4, 0.5) is 4.39 Å². The van der Waals surface area contributed by atoms with Crippen molar-refractivity contribution >= 4 is 5.97 Å². The summed E-state index contributed by atoms with van der Waals surface area (Å²) in [6, 6.07) is 8.29. The summed E-state index contributed by atoms with van der Waals surface area (Å²) >= 11 is 0. The minimum absolute atomic E-state index is 0.0543. The van der Waals surface area contributed by atoms with Gasteiger partial charge in [-0.25, -0.2) is 9.18 Å². The van der Waals surface area contributed by atoms with Gasteiger partial charge in [0, 0.05) is 12.1 Å². The van der Waals surface area contributed by atoms with Gasteiger partial charge in [0.05, 0.1) is 11.3 Å². The summed E-state index contributed by atoms with van der Waals surface area (Å²) in [7, 11) is 0. The third-order valence-corrected chi connectivity index (χ3v) is 3.82. The molecule has 0 radical (unpaired) electrons. The Bertz CT molecular complexity index is 669. The number of hydrogen-bond donors (Lipinski definition) is 1. The van der Waals surface area contributed by atoms with Crippen molar-refractivity contribution in [2.75, 3.05) is 0 Å². The molecular weight excluding hydrogens is 257 g/mol. The maximum Gasteiger partial charge on any atom is 0.338 e. The van der Waals surface area contributed by atoms with Gasteiger partial charge >= 0.3 is 5.97 Å². The molecule has 1 atom stereocenters. The maximum absolute atomic E-state index is 13.5. The van der Waals surface area contributed by atoms with Crippen molar-refractivity contribution in [1.82, 2.24) is 4.98 Å². The minimum Gasteiger partial charge on any atom is -0.478 e. The summed E-state index contributed by atoms with van der Waals surface area (Å²) in [6.07, 6.45) is 4.68. The second kappa shape index (κ2) is 5.04. The van der Waals surface area contributed by atoms with E-state index >= 15 is 0 Å². The lowest BCUT2D eigenvalue weighted by atomic mass is 9.82. The number of aryl methyl sites for hydroxylation is 1. The minimum atomic E-state index is -1.23. The van der Waals surface area contributed by atoms with E-state index in [-0.39, 0.29) is 11.5 Å². The molecule has 0 bridgehead atoms. The number of carboxylic acid groups (broad SMARTS) is 1. The lowest BCUT2D eigenvalue weighted by molar-refractivity contribution is 0.0691. The lowest BCUT2D eigenvalue weighted by Gasteiger charge is -2.24. The molecule has 0 spiro atoms. The molecule has 102 valence electrons. The molecule has 0 fully saturated rings. The highest BCUT2D eigenvalue weighted by atomic mass is 19.1. The Morgan fingerprint density at radius 1 is 1.35 bits per heavy atom. The van der Waals surface area contributed by atoms with E-state index in [2.05, 4.69) is 11.1 Å². The van der Waals surface area contributed by atoms with Crippen molar-refractivity contribution in [2.24, 2.45) is 0 Å². The predicted octanol–water partition coefficient (Wildman–Crippen LogP) is 3.39. The fourth-order valence-corrected chi connectivity index (χ4v) is 2.86. The number of fused-ring (bicyclic) bond motifs is 1. The molecule has 3 rings (SSSR count). The number of hydrogen-bond acceptors (Lipinski definition) is 2. The van der Waals surface area contributed by atoms with Crippen LogP contribution in [0.5, 0.6) is 0 Å². The van der Waals surface area contributed by atoms with E-state index in [1.807, 2.05) is 6.07 Å². The summed E-state index contributed by atoms with van der Waals surface area (Å²) in [5, 5.41) is 9.03. The van der Waals surface area contributed by atoms with Gasteiger partial charge in [0.2, 0.25) is 0 Å². The Morgan fingerprint density at radius 2 is 2.20 bits per heavy atom. The predicted molar refractivity (Wildman–Crippen MR) is 72.4 cm³/mol. The molecule has 4 heteroatoms. The zero-order valence-corrected chi connectivity index (χ0v) is 10.8.